The molecule has 2 nitrogen and oxygen atoms in total. The molecule has 0 aliphatic rings. The van der Waals surface area contributed by atoms with E-state index in [1.165, 1.54) is 5.56 Å². The highest BCUT2D eigenvalue weighted by atomic mass is 79.9. The lowest BCUT2D eigenvalue weighted by atomic mass is 10.2. The minimum Gasteiger partial charge on any atom is -0.484 e. The molecular formula is C14H16BrNOS. The number of halogens is 1. The molecule has 1 aromatic carbocycles. The van der Waals surface area contributed by atoms with E-state index in [-0.39, 0.29) is 6.10 Å². The van der Waals surface area contributed by atoms with E-state index in [1.807, 2.05) is 17.5 Å². The van der Waals surface area contributed by atoms with Gasteiger partial charge in [0.25, 0.3) is 0 Å². The van der Waals surface area contributed by atoms with Crippen molar-refractivity contribution < 1.29 is 4.74 Å². The predicted octanol–water partition coefficient (Wildman–Crippen LogP) is 4.15. The van der Waals surface area contributed by atoms with Gasteiger partial charge in [-0.2, -0.15) is 0 Å². The van der Waals surface area contributed by atoms with Gasteiger partial charge in [-0.25, -0.2) is 0 Å². The number of benzene rings is 1. The standard InChI is InChI=1S/C14H16BrNOS/c1-2-10-3-5-12(6-4-10)17-13(8-16)14-7-11(15)9-18-14/h3-7,9,13H,2,8,16H2,1H3. The fraction of sp³-hybridized carbons (Fsp3) is 0.286. The first-order valence-electron chi connectivity index (χ1n) is 5.92. The number of hydrogen-bond donors (Lipinski definition) is 1. The first-order valence-corrected chi connectivity index (χ1v) is 7.59. The fourth-order valence-electron chi connectivity index (χ4n) is 1.69. The molecule has 0 aliphatic heterocycles. The van der Waals surface area contributed by atoms with Crippen molar-refractivity contribution in [1.82, 2.24) is 0 Å². The average Bonchev–Trinajstić information content (AvgIpc) is 2.83. The zero-order valence-corrected chi connectivity index (χ0v) is 12.6. The maximum atomic E-state index is 5.93. The second-order valence-electron chi connectivity index (χ2n) is 4.01. The Morgan fingerprint density at radius 3 is 2.56 bits per heavy atom. The quantitative estimate of drug-likeness (QED) is 0.896. The van der Waals surface area contributed by atoms with Gasteiger partial charge in [-0.1, -0.05) is 19.1 Å². The van der Waals surface area contributed by atoms with Gasteiger partial charge in [-0.3, -0.25) is 0 Å². The zero-order valence-electron chi connectivity index (χ0n) is 10.2. The molecule has 0 saturated heterocycles. The first-order chi connectivity index (χ1) is 8.72. The van der Waals surface area contributed by atoms with Crippen LogP contribution in [0.1, 0.15) is 23.5 Å². The van der Waals surface area contributed by atoms with Crippen molar-refractivity contribution >= 4 is 27.3 Å². The van der Waals surface area contributed by atoms with Gasteiger partial charge in [0.2, 0.25) is 0 Å². The molecule has 2 N–H and O–H groups in total. The Kier molecular flexibility index (Phi) is 4.80. The molecule has 1 unspecified atom stereocenters. The van der Waals surface area contributed by atoms with E-state index in [9.17, 15) is 0 Å². The maximum absolute atomic E-state index is 5.93. The zero-order chi connectivity index (χ0) is 13.0. The van der Waals surface area contributed by atoms with E-state index < -0.39 is 0 Å². The van der Waals surface area contributed by atoms with Gasteiger partial charge in [0.1, 0.15) is 11.9 Å². The van der Waals surface area contributed by atoms with Gasteiger partial charge in [0.15, 0.2) is 0 Å². The van der Waals surface area contributed by atoms with Crippen molar-refractivity contribution in [3.8, 4) is 5.75 Å². The van der Waals surface area contributed by atoms with Crippen LogP contribution in [0.5, 0.6) is 5.75 Å². The molecule has 2 rings (SSSR count). The minimum absolute atomic E-state index is 0.0752. The van der Waals surface area contributed by atoms with Gasteiger partial charge in [-0.15, -0.1) is 11.3 Å². The normalized spacial score (nSPS) is 12.4. The van der Waals surface area contributed by atoms with Crippen LogP contribution >= 0.6 is 27.3 Å². The van der Waals surface area contributed by atoms with Crippen LogP contribution in [-0.4, -0.2) is 6.54 Å². The Morgan fingerprint density at radius 1 is 1.33 bits per heavy atom. The van der Waals surface area contributed by atoms with Crippen LogP contribution in [0.2, 0.25) is 0 Å². The summed E-state index contributed by atoms with van der Waals surface area (Å²) >= 11 is 5.11. The van der Waals surface area contributed by atoms with Crippen LogP contribution in [0.4, 0.5) is 0 Å². The number of nitrogens with two attached hydrogens (primary N) is 1. The van der Waals surface area contributed by atoms with Crippen molar-refractivity contribution in [3.63, 3.8) is 0 Å². The van der Waals surface area contributed by atoms with E-state index in [2.05, 4.69) is 41.1 Å². The largest absolute Gasteiger partial charge is 0.484 e. The minimum atomic E-state index is -0.0752. The summed E-state index contributed by atoms with van der Waals surface area (Å²) in [6, 6.07) is 10.2. The van der Waals surface area contributed by atoms with E-state index in [0.717, 1.165) is 21.5 Å². The topological polar surface area (TPSA) is 35.2 Å². The van der Waals surface area contributed by atoms with Crippen LogP contribution < -0.4 is 10.5 Å². The second kappa shape index (κ2) is 6.36. The Morgan fingerprint density at radius 2 is 2.06 bits per heavy atom. The van der Waals surface area contributed by atoms with Crippen LogP contribution in [0.15, 0.2) is 40.2 Å². The molecule has 0 amide bonds. The summed E-state index contributed by atoms with van der Waals surface area (Å²) in [6.45, 7) is 2.62. The molecule has 18 heavy (non-hydrogen) atoms. The van der Waals surface area contributed by atoms with Gasteiger partial charge in [0, 0.05) is 21.3 Å². The van der Waals surface area contributed by atoms with Crippen molar-refractivity contribution in [1.29, 1.82) is 0 Å². The third kappa shape index (κ3) is 3.34. The molecule has 0 bridgehead atoms. The van der Waals surface area contributed by atoms with Crippen LogP contribution in [-0.2, 0) is 6.42 Å². The summed E-state index contributed by atoms with van der Waals surface area (Å²) in [5.74, 6) is 0.868. The number of thiophene rings is 1. The summed E-state index contributed by atoms with van der Waals surface area (Å²) < 4.78 is 7.00. The highest BCUT2D eigenvalue weighted by Crippen LogP contribution is 2.28. The van der Waals surface area contributed by atoms with Gasteiger partial charge in [0.05, 0.1) is 0 Å². The second-order valence-corrected chi connectivity index (χ2v) is 5.87. The molecule has 1 atom stereocenters. The molecule has 96 valence electrons. The SMILES string of the molecule is CCc1ccc(OC(CN)c2cc(Br)cs2)cc1. The molecule has 2 aromatic rings. The van der Waals surface area contributed by atoms with Crippen molar-refractivity contribution in [2.24, 2.45) is 5.73 Å². The number of hydrogen-bond acceptors (Lipinski definition) is 3. The fourth-order valence-corrected chi connectivity index (χ4v) is 3.17. The summed E-state index contributed by atoms with van der Waals surface area (Å²) in [5, 5.41) is 2.04. The first kappa shape index (κ1) is 13.6. The Hall–Kier alpha value is -0.840. The molecule has 0 saturated carbocycles. The lowest BCUT2D eigenvalue weighted by molar-refractivity contribution is 0.218. The molecular weight excluding hydrogens is 310 g/mol. The predicted molar refractivity (Wildman–Crippen MR) is 80.3 cm³/mol. The van der Waals surface area contributed by atoms with E-state index >= 15 is 0 Å². The van der Waals surface area contributed by atoms with Crippen molar-refractivity contribution in [2.45, 2.75) is 19.4 Å². The van der Waals surface area contributed by atoms with E-state index in [4.69, 9.17) is 10.5 Å². The average molecular weight is 326 g/mol. The third-order valence-corrected chi connectivity index (χ3v) is 4.51. The van der Waals surface area contributed by atoms with Gasteiger partial charge < -0.3 is 10.5 Å². The molecule has 1 aromatic heterocycles. The number of ether oxygens (including phenoxy) is 1. The lowest BCUT2D eigenvalue weighted by Gasteiger charge is -2.16. The highest BCUT2D eigenvalue weighted by Gasteiger charge is 2.13. The molecule has 0 fully saturated rings. The molecule has 0 radical (unpaired) electrons. The van der Waals surface area contributed by atoms with Gasteiger partial charge >= 0.3 is 0 Å². The smallest absolute Gasteiger partial charge is 0.145 e. The summed E-state index contributed by atoms with van der Waals surface area (Å²) in [5.41, 5.74) is 7.09. The number of rotatable bonds is 5. The monoisotopic (exact) mass is 325 g/mol. The van der Waals surface area contributed by atoms with Crippen molar-refractivity contribution in [2.75, 3.05) is 6.54 Å². The summed E-state index contributed by atoms with van der Waals surface area (Å²) in [7, 11) is 0. The summed E-state index contributed by atoms with van der Waals surface area (Å²) in [4.78, 5) is 1.14. The van der Waals surface area contributed by atoms with Gasteiger partial charge in [-0.05, 0) is 46.1 Å². The summed E-state index contributed by atoms with van der Waals surface area (Å²) in [6.07, 6.45) is 0.965. The lowest BCUT2D eigenvalue weighted by Crippen LogP contribution is -2.17. The third-order valence-electron chi connectivity index (χ3n) is 2.73. The van der Waals surface area contributed by atoms with E-state index in [1.54, 1.807) is 11.3 Å². The van der Waals surface area contributed by atoms with E-state index in [0.29, 0.717) is 6.54 Å². The van der Waals surface area contributed by atoms with Crippen molar-refractivity contribution in [3.05, 3.63) is 50.6 Å². The molecule has 0 aliphatic carbocycles. The number of aryl methyl sites for hydroxylation is 1. The van der Waals surface area contributed by atoms with Crippen LogP contribution in [0.25, 0.3) is 0 Å². The molecule has 1 heterocycles. The Balaban J connectivity index is 2.10. The highest BCUT2D eigenvalue weighted by molar-refractivity contribution is 9.10. The van der Waals surface area contributed by atoms with Crippen LogP contribution in [0.3, 0.4) is 0 Å². The Labute approximate surface area is 120 Å². The van der Waals surface area contributed by atoms with Crippen LogP contribution in [0, 0.1) is 0 Å². The molecule has 4 heteroatoms. The molecule has 0 spiro atoms. The Bertz CT molecular complexity index is 495. The maximum Gasteiger partial charge on any atom is 0.145 e.